The molecule has 0 saturated heterocycles. The summed E-state index contributed by atoms with van der Waals surface area (Å²) in [6, 6.07) is 6.46. The predicted octanol–water partition coefficient (Wildman–Crippen LogP) is 3.70. The van der Waals surface area contributed by atoms with Crippen LogP contribution in [0.4, 0.5) is 0 Å². The Balaban J connectivity index is 2.75. The van der Waals surface area contributed by atoms with Crippen molar-refractivity contribution in [3.8, 4) is 11.8 Å². The van der Waals surface area contributed by atoms with Crippen LogP contribution in [0.5, 0.6) is 5.75 Å². The highest BCUT2D eigenvalue weighted by atomic mass is 79.9. The molecule has 0 N–H and O–H groups in total. The molecule has 7 heteroatoms. The van der Waals surface area contributed by atoms with Gasteiger partial charge < -0.3 is 4.74 Å². The van der Waals surface area contributed by atoms with E-state index in [-0.39, 0.29) is 4.90 Å². The van der Waals surface area contributed by atoms with Crippen LogP contribution in [-0.4, -0.2) is 15.0 Å². The molecule has 0 bridgehead atoms. The summed E-state index contributed by atoms with van der Waals surface area (Å²) < 4.78 is 28.3. The van der Waals surface area contributed by atoms with Gasteiger partial charge in [0.15, 0.2) is 0 Å². The maximum Gasteiger partial charge on any atom is 0.261 e. The Morgan fingerprint density at radius 1 is 1.47 bits per heavy atom. The summed E-state index contributed by atoms with van der Waals surface area (Å²) in [5.41, 5.74) is -0.452. The Bertz CT molecular complexity index is 608. The molecule has 0 saturated carbocycles. The van der Waals surface area contributed by atoms with Crippen molar-refractivity contribution in [1.82, 2.24) is 0 Å². The summed E-state index contributed by atoms with van der Waals surface area (Å²) in [7, 11) is 1.49. The minimum Gasteiger partial charge on any atom is -0.492 e. The van der Waals surface area contributed by atoms with Gasteiger partial charge in [-0.2, -0.15) is 5.26 Å². The van der Waals surface area contributed by atoms with Crippen molar-refractivity contribution in [3.05, 3.63) is 22.7 Å². The van der Waals surface area contributed by atoms with Gasteiger partial charge >= 0.3 is 0 Å². The van der Waals surface area contributed by atoms with Gasteiger partial charge in [-0.05, 0) is 54.4 Å². The molecule has 19 heavy (non-hydrogen) atoms. The number of nitriles is 1. The van der Waals surface area contributed by atoms with E-state index in [1.54, 1.807) is 0 Å². The van der Waals surface area contributed by atoms with Gasteiger partial charge in [0.25, 0.3) is 9.05 Å². The molecule has 0 atom stereocenters. The van der Waals surface area contributed by atoms with Gasteiger partial charge in [-0.15, -0.1) is 0 Å². The molecule has 0 fully saturated rings. The highest BCUT2D eigenvalue weighted by molar-refractivity contribution is 9.10. The third kappa shape index (κ3) is 5.01. The predicted molar refractivity (Wildman–Crippen MR) is 76.7 cm³/mol. The van der Waals surface area contributed by atoms with Crippen LogP contribution >= 0.6 is 26.6 Å². The Kier molecular flexibility index (Phi) is 5.25. The zero-order valence-electron chi connectivity index (χ0n) is 10.5. The molecule has 104 valence electrons. The fourth-order valence-electron chi connectivity index (χ4n) is 1.22. The van der Waals surface area contributed by atoms with Gasteiger partial charge in [-0.1, -0.05) is 0 Å². The number of halogens is 2. The van der Waals surface area contributed by atoms with Crippen LogP contribution in [0, 0.1) is 16.7 Å². The maximum atomic E-state index is 11.1. The van der Waals surface area contributed by atoms with E-state index in [0.29, 0.717) is 23.2 Å². The minimum atomic E-state index is -3.75. The first-order valence-electron chi connectivity index (χ1n) is 5.44. The van der Waals surface area contributed by atoms with Crippen LogP contribution in [0.1, 0.15) is 20.3 Å². The minimum absolute atomic E-state index is 0.00532. The molecule has 0 aliphatic heterocycles. The molecule has 0 aromatic heterocycles. The van der Waals surface area contributed by atoms with Gasteiger partial charge in [0.2, 0.25) is 0 Å². The summed E-state index contributed by atoms with van der Waals surface area (Å²) in [4.78, 5) is 0.00532. The average molecular weight is 367 g/mol. The molecule has 0 aliphatic carbocycles. The molecule has 1 aromatic rings. The first-order chi connectivity index (χ1) is 8.65. The van der Waals surface area contributed by atoms with E-state index in [2.05, 4.69) is 22.0 Å². The summed E-state index contributed by atoms with van der Waals surface area (Å²) in [5, 5.41) is 8.88. The van der Waals surface area contributed by atoms with Gasteiger partial charge in [0.1, 0.15) is 5.75 Å². The molecule has 1 aromatic carbocycles. The normalized spacial score (nSPS) is 11.9. The monoisotopic (exact) mass is 365 g/mol. The van der Waals surface area contributed by atoms with Gasteiger partial charge in [-0.3, -0.25) is 0 Å². The summed E-state index contributed by atoms with van der Waals surface area (Å²) in [6.45, 7) is 4.02. The van der Waals surface area contributed by atoms with Crippen LogP contribution in [0.25, 0.3) is 0 Å². The van der Waals surface area contributed by atoms with Crippen LogP contribution in [-0.2, 0) is 9.05 Å². The average Bonchev–Trinajstić information content (AvgIpc) is 2.30. The summed E-state index contributed by atoms with van der Waals surface area (Å²) >= 11 is 3.22. The topological polar surface area (TPSA) is 67.2 Å². The highest BCUT2D eigenvalue weighted by Gasteiger charge is 2.17. The second-order valence-corrected chi connectivity index (χ2v) is 8.04. The summed E-state index contributed by atoms with van der Waals surface area (Å²) in [5.74, 6) is 0.512. The largest absolute Gasteiger partial charge is 0.492 e. The molecular formula is C12H13BrClNO3S. The van der Waals surface area contributed by atoms with E-state index in [0.717, 1.165) is 0 Å². The molecule has 4 nitrogen and oxygen atoms in total. The van der Waals surface area contributed by atoms with Crippen molar-refractivity contribution < 1.29 is 13.2 Å². The third-order valence-corrected chi connectivity index (χ3v) is 4.44. The van der Waals surface area contributed by atoms with Crippen LogP contribution in [0.15, 0.2) is 27.6 Å². The lowest BCUT2D eigenvalue weighted by atomic mass is 9.92. The number of rotatable bonds is 5. The summed E-state index contributed by atoms with van der Waals surface area (Å²) in [6.07, 6.45) is 0.575. The zero-order chi connectivity index (χ0) is 14.7. The van der Waals surface area contributed by atoms with Crippen molar-refractivity contribution in [2.75, 3.05) is 6.61 Å². The maximum absolute atomic E-state index is 11.1. The molecule has 0 radical (unpaired) electrons. The van der Waals surface area contributed by atoms with Crippen molar-refractivity contribution in [1.29, 1.82) is 5.26 Å². The second-order valence-electron chi connectivity index (χ2n) is 4.62. The Hall–Kier alpha value is -0.770. The molecule has 0 unspecified atom stereocenters. The van der Waals surface area contributed by atoms with E-state index in [9.17, 15) is 8.42 Å². The lowest BCUT2D eigenvalue weighted by Crippen LogP contribution is -2.13. The Morgan fingerprint density at radius 3 is 2.58 bits per heavy atom. The molecule has 0 heterocycles. The van der Waals surface area contributed by atoms with Crippen molar-refractivity contribution >= 4 is 35.7 Å². The van der Waals surface area contributed by atoms with Gasteiger partial charge in [0.05, 0.1) is 27.5 Å². The molecule has 1 rings (SSSR count). The van der Waals surface area contributed by atoms with Crippen LogP contribution in [0.3, 0.4) is 0 Å². The van der Waals surface area contributed by atoms with Crippen molar-refractivity contribution in [3.63, 3.8) is 0 Å². The van der Waals surface area contributed by atoms with E-state index < -0.39 is 14.5 Å². The lowest BCUT2D eigenvalue weighted by molar-refractivity contribution is 0.263. The molecule has 0 aliphatic rings. The first kappa shape index (κ1) is 16.3. The SMILES string of the molecule is CC(C)(C#N)CCOc1ccc(S(=O)(=O)Cl)cc1Br. The van der Waals surface area contributed by atoms with E-state index in [1.807, 2.05) is 13.8 Å². The van der Waals surface area contributed by atoms with E-state index in [1.165, 1.54) is 18.2 Å². The fraction of sp³-hybridized carbons (Fsp3) is 0.417. The molecular weight excluding hydrogens is 354 g/mol. The first-order valence-corrected chi connectivity index (χ1v) is 8.54. The Morgan fingerprint density at radius 2 is 2.11 bits per heavy atom. The van der Waals surface area contributed by atoms with E-state index >= 15 is 0 Å². The number of hydrogen-bond donors (Lipinski definition) is 0. The number of hydrogen-bond acceptors (Lipinski definition) is 4. The molecule has 0 spiro atoms. The molecule has 0 amide bonds. The smallest absolute Gasteiger partial charge is 0.261 e. The zero-order valence-corrected chi connectivity index (χ0v) is 13.6. The third-order valence-electron chi connectivity index (χ3n) is 2.47. The lowest BCUT2D eigenvalue weighted by Gasteiger charge is -2.16. The fourth-order valence-corrected chi connectivity index (χ4v) is 2.64. The highest BCUT2D eigenvalue weighted by Crippen LogP contribution is 2.30. The number of benzene rings is 1. The van der Waals surface area contributed by atoms with Crippen molar-refractivity contribution in [2.45, 2.75) is 25.2 Å². The van der Waals surface area contributed by atoms with Gasteiger partial charge in [-0.25, -0.2) is 8.42 Å². The quantitative estimate of drug-likeness (QED) is 0.745. The van der Waals surface area contributed by atoms with Crippen molar-refractivity contribution in [2.24, 2.45) is 5.41 Å². The second kappa shape index (κ2) is 6.12. The standard InChI is InChI=1S/C12H13BrClNO3S/c1-12(2,8-15)5-6-18-11-4-3-9(7-10(11)13)19(14,16)17/h3-4,7H,5-6H2,1-2H3. The van der Waals surface area contributed by atoms with Crippen LogP contribution in [0.2, 0.25) is 0 Å². The van der Waals surface area contributed by atoms with Gasteiger partial charge in [0, 0.05) is 10.7 Å². The number of ether oxygens (including phenoxy) is 1. The van der Waals surface area contributed by atoms with E-state index in [4.69, 9.17) is 20.7 Å². The van der Waals surface area contributed by atoms with Crippen LogP contribution < -0.4 is 4.74 Å². The number of nitrogens with zero attached hydrogens (tertiary/aromatic N) is 1. The Labute approximate surface area is 125 Å².